The fraction of sp³-hybridized carbons (Fsp3) is 0.846. The molecule has 6 heteroatoms. The van der Waals surface area contributed by atoms with E-state index in [1.165, 1.54) is 18.6 Å². The first-order valence-electron chi connectivity index (χ1n) is 6.99. The van der Waals surface area contributed by atoms with Gasteiger partial charge in [0.25, 0.3) is 0 Å². The minimum Gasteiger partial charge on any atom is -0.481 e. The summed E-state index contributed by atoms with van der Waals surface area (Å²) in [4.78, 5) is 22.5. The van der Waals surface area contributed by atoms with Crippen molar-refractivity contribution in [2.24, 2.45) is 5.92 Å². The molecule has 5 nitrogen and oxygen atoms in total. The Hall–Kier alpha value is -0.910. The van der Waals surface area contributed by atoms with Crippen molar-refractivity contribution in [1.82, 2.24) is 10.6 Å². The number of urea groups is 1. The molecule has 3 N–H and O–H groups in total. The predicted molar refractivity (Wildman–Crippen MR) is 77.5 cm³/mol. The van der Waals surface area contributed by atoms with Crippen LogP contribution in [-0.2, 0) is 4.79 Å². The van der Waals surface area contributed by atoms with Gasteiger partial charge in [-0.1, -0.05) is 19.8 Å². The van der Waals surface area contributed by atoms with E-state index in [1.54, 1.807) is 0 Å². The number of carbonyl (C=O) groups is 2. The maximum Gasteiger partial charge on any atom is 0.314 e. The number of aliphatic carboxylic acids is 1. The van der Waals surface area contributed by atoms with E-state index in [2.05, 4.69) is 10.6 Å². The van der Waals surface area contributed by atoms with Crippen LogP contribution in [0.25, 0.3) is 0 Å². The fourth-order valence-corrected chi connectivity index (χ4v) is 3.35. The molecule has 0 aromatic heterocycles. The highest BCUT2D eigenvalue weighted by molar-refractivity contribution is 7.99. The van der Waals surface area contributed by atoms with Gasteiger partial charge in [-0.3, -0.25) is 4.79 Å². The van der Waals surface area contributed by atoms with E-state index in [0.29, 0.717) is 18.2 Å². The number of carboxylic acids is 1. The van der Waals surface area contributed by atoms with Crippen LogP contribution in [0.3, 0.4) is 0 Å². The van der Waals surface area contributed by atoms with Gasteiger partial charge in [-0.25, -0.2) is 4.79 Å². The summed E-state index contributed by atoms with van der Waals surface area (Å²) in [5.74, 6) is -0.157. The molecular formula is C13H24N2O3S. The largest absolute Gasteiger partial charge is 0.481 e. The molecule has 0 spiro atoms. The monoisotopic (exact) mass is 288 g/mol. The normalized spacial score (nSPS) is 20.6. The van der Waals surface area contributed by atoms with Crippen molar-refractivity contribution in [3.05, 3.63) is 0 Å². The molecule has 0 aliphatic carbocycles. The van der Waals surface area contributed by atoms with E-state index in [-0.39, 0.29) is 12.6 Å². The molecule has 1 saturated heterocycles. The molecule has 1 rings (SSSR count). The van der Waals surface area contributed by atoms with Crippen molar-refractivity contribution in [2.75, 3.05) is 18.8 Å². The van der Waals surface area contributed by atoms with Gasteiger partial charge in [0.05, 0.1) is 5.92 Å². The first kappa shape index (κ1) is 16.1. The first-order valence-corrected chi connectivity index (χ1v) is 8.04. The summed E-state index contributed by atoms with van der Waals surface area (Å²) < 4.78 is 0. The van der Waals surface area contributed by atoms with Crippen LogP contribution in [-0.4, -0.2) is 41.2 Å². The fourth-order valence-electron chi connectivity index (χ4n) is 2.11. The topological polar surface area (TPSA) is 78.4 Å². The van der Waals surface area contributed by atoms with E-state index in [0.717, 1.165) is 12.8 Å². The van der Waals surface area contributed by atoms with Gasteiger partial charge in [-0.15, -0.1) is 0 Å². The summed E-state index contributed by atoms with van der Waals surface area (Å²) in [6, 6.07) is -0.256. The van der Waals surface area contributed by atoms with Gasteiger partial charge in [0, 0.05) is 18.3 Å². The molecular weight excluding hydrogens is 264 g/mol. The second-order valence-corrected chi connectivity index (χ2v) is 6.31. The summed E-state index contributed by atoms with van der Waals surface area (Å²) in [7, 11) is 0. The van der Waals surface area contributed by atoms with Crippen LogP contribution in [0.15, 0.2) is 0 Å². The van der Waals surface area contributed by atoms with Crippen molar-refractivity contribution in [3.63, 3.8) is 0 Å². The first-order chi connectivity index (χ1) is 9.13. The molecule has 0 radical (unpaired) electrons. The maximum atomic E-state index is 11.6. The summed E-state index contributed by atoms with van der Waals surface area (Å²) in [6.07, 6.45) is 5.05. The van der Waals surface area contributed by atoms with Gasteiger partial charge in [-0.05, 0) is 25.0 Å². The van der Waals surface area contributed by atoms with E-state index in [9.17, 15) is 9.59 Å². The van der Waals surface area contributed by atoms with Crippen LogP contribution in [0.5, 0.6) is 0 Å². The standard InChI is InChI=1S/C13H24N2O3S/c1-2-5-10(12(16)17)8-14-13(18)15-9-11-6-3-4-7-19-11/h10-11H,2-9H2,1H3,(H,16,17)(H2,14,15,18). The molecule has 0 aromatic rings. The van der Waals surface area contributed by atoms with Gasteiger partial charge in [-0.2, -0.15) is 11.8 Å². The van der Waals surface area contributed by atoms with E-state index in [4.69, 9.17) is 5.11 Å². The summed E-state index contributed by atoms with van der Waals surface area (Å²) in [5, 5.41) is 15.0. The molecule has 2 atom stereocenters. The summed E-state index contributed by atoms with van der Waals surface area (Å²) >= 11 is 1.91. The average Bonchev–Trinajstić information content (AvgIpc) is 2.42. The van der Waals surface area contributed by atoms with Crippen molar-refractivity contribution >= 4 is 23.8 Å². The van der Waals surface area contributed by atoms with Crippen molar-refractivity contribution in [3.8, 4) is 0 Å². The Morgan fingerprint density at radius 2 is 2.16 bits per heavy atom. The lowest BCUT2D eigenvalue weighted by Crippen LogP contribution is -2.42. The third kappa shape index (κ3) is 6.71. The molecule has 19 heavy (non-hydrogen) atoms. The zero-order chi connectivity index (χ0) is 14.1. The van der Waals surface area contributed by atoms with E-state index >= 15 is 0 Å². The molecule has 0 bridgehead atoms. The van der Waals surface area contributed by atoms with E-state index < -0.39 is 11.9 Å². The lowest BCUT2D eigenvalue weighted by molar-refractivity contribution is -0.141. The van der Waals surface area contributed by atoms with E-state index in [1.807, 2.05) is 18.7 Å². The molecule has 1 aliphatic rings. The molecule has 0 aromatic carbocycles. The minimum atomic E-state index is -0.843. The number of nitrogens with one attached hydrogen (secondary N) is 2. The zero-order valence-electron chi connectivity index (χ0n) is 11.5. The predicted octanol–water partition coefficient (Wildman–Crippen LogP) is 2.07. The van der Waals surface area contributed by atoms with Gasteiger partial charge in [0.2, 0.25) is 0 Å². The number of hydrogen-bond acceptors (Lipinski definition) is 3. The van der Waals surface area contributed by atoms with Crippen LogP contribution in [0.1, 0.15) is 39.0 Å². The number of thioether (sulfide) groups is 1. The molecule has 1 heterocycles. The molecule has 0 saturated carbocycles. The molecule has 1 fully saturated rings. The SMILES string of the molecule is CCCC(CNC(=O)NCC1CCCCS1)C(=O)O. The second kappa shape index (κ2) is 9.07. The quantitative estimate of drug-likeness (QED) is 0.670. The minimum absolute atomic E-state index is 0.201. The Labute approximate surface area is 118 Å². The highest BCUT2D eigenvalue weighted by atomic mass is 32.2. The smallest absolute Gasteiger partial charge is 0.314 e. The molecule has 2 unspecified atom stereocenters. The van der Waals surface area contributed by atoms with Gasteiger partial charge >= 0.3 is 12.0 Å². The van der Waals surface area contributed by atoms with Crippen molar-refractivity contribution < 1.29 is 14.7 Å². The number of carbonyl (C=O) groups excluding carboxylic acids is 1. The third-order valence-electron chi connectivity index (χ3n) is 3.26. The Kier molecular flexibility index (Phi) is 7.70. The van der Waals surface area contributed by atoms with Crippen LogP contribution < -0.4 is 10.6 Å². The Morgan fingerprint density at radius 3 is 2.74 bits per heavy atom. The average molecular weight is 288 g/mol. The van der Waals surface area contributed by atoms with Crippen LogP contribution in [0.2, 0.25) is 0 Å². The molecule has 1 aliphatic heterocycles. The number of hydrogen-bond donors (Lipinski definition) is 3. The van der Waals surface area contributed by atoms with Gasteiger partial charge < -0.3 is 15.7 Å². The molecule has 110 valence electrons. The zero-order valence-corrected chi connectivity index (χ0v) is 12.3. The second-order valence-electron chi connectivity index (χ2n) is 4.90. The lowest BCUT2D eigenvalue weighted by atomic mass is 10.0. The van der Waals surface area contributed by atoms with Crippen LogP contribution in [0, 0.1) is 5.92 Å². The Balaban J connectivity index is 2.17. The third-order valence-corrected chi connectivity index (χ3v) is 4.66. The summed E-state index contributed by atoms with van der Waals surface area (Å²) in [5.41, 5.74) is 0. The number of rotatable bonds is 7. The van der Waals surface area contributed by atoms with Gasteiger partial charge in [0.15, 0.2) is 0 Å². The van der Waals surface area contributed by atoms with Crippen molar-refractivity contribution in [2.45, 2.75) is 44.3 Å². The molecule has 2 amide bonds. The Morgan fingerprint density at radius 1 is 1.37 bits per heavy atom. The Bertz CT molecular complexity index is 294. The number of amides is 2. The van der Waals surface area contributed by atoms with Crippen LogP contribution in [0.4, 0.5) is 4.79 Å². The van der Waals surface area contributed by atoms with Gasteiger partial charge in [0.1, 0.15) is 0 Å². The highest BCUT2D eigenvalue weighted by Crippen LogP contribution is 2.24. The number of carboxylic acid groups (broad SMARTS) is 1. The summed E-state index contributed by atoms with van der Waals surface area (Å²) in [6.45, 7) is 2.81. The highest BCUT2D eigenvalue weighted by Gasteiger charge is 2.18. The van der Waals surface area contributed by atoms with Crippen molar-refractivity contribution in [1.29, 1.82) is 0 Å². The van der Waals surface area contributed by atoms with Crippen LogP contribution >= 0.6 is 11.8 Å². The lowest BCUT2D eigenvalue weighted by Gasteiger charge is -2.21. The maximum absolute atomic E-state index is 11.6.